The lowest BCUT2D eigenvalue weighted by Gasteiger charge is -2.17. The molecule has 3 N–H and O–H groups in total. The van der Waals surface area contributed by atoms with Crippen molar-refractivity contribution in [3.63, 3.8) is 0 Å². The molecule has 1 rings (SSSR count). The fraction of sp³-hybridized carbons (Fsp3) is 0.529. The molecule has 0 aliphatic heterocycles. The third-order valence-electron chi connectivity index (χ3n) is 3.55. The summed E-state index contributed by atoms with van der Waals surface area (Å²) >= 11 is 0. The number of rotatable bonds is 10. The normalized spacial score (nSPS) is 11.7. The lowest BCUT2D eigenvalue weighted by atomic mass is 10.0. The van der Waals surface area contributed by atoms with Crippen LogP contribution in [0.15, 0.2) is 30.3 Å². The number of hydrogen-bond donors (Lipinski definition) is 3. The predicted octanol–water partition coefficient (Wildman–Crippen LogP) is 2.58. The zero-order valence-corrected chi connectivity index (χ0v) is 13.2. The van der Waals surface area contributed by atoms with Crippen molar-refractivity contribution in [2.75, 3.05) is 0 Å². The second-order valence-electron chi connectivity index (χ2n) is 5.45. The van der Waals surface area contributed by atoms with Crippen LogP contribution in [-0.4, -0.2) is 23.1 Å². The second-order valence-corrected chi connectivity index (χ2v) is 5.45. The van der Waals surface area contributed by atoms with Gasteiger partial charge < -0.3 is 5.32 Å². The summed E-state index contributed by atoms with van der Waals surface area (Å²) in [7, 11) is 0. The molecular weight excluding hydrogens is 280 g/mol. The quantitative estimate of drug-likeness (QED) is 0.353. The molecule has 0 heterocycles. The molecule has 0 aromatic heterocycles. The number of benzene rings is 1. The molecule has 0 bridgehead atoms. The first-order valence-corrected chi connectivity index (χ1v) is 7.94. The summed E-state index contributed by atoms with van der Waals surface area (Å²) in [5, 5.41) is 11.5. The first-order valence-electron chi connectivity index (χ1n) is 7.94. The van der Waals surface area contributed by atoms with Gasteiger partial charge in [0.15, 0.2) is 0 Å². The van der Waals surface area contributed by atoms with Crippen LogP contribution in [0, 0.1) is 0 Å². The predicted molar refractivity (Wildman–Crippen MR) is 85.4 cm³/mol. The molecule has 1 aromatic rings. The molecule has 0 spiro atoms. The smallest absolute Gasteiger partial charge is 0.266 e. The molecule has 22 heavy (non-hydrogen) atoms. The molecule has 5 heteroatoms. The summed E-state index contributed by atoms with van der Waals surface area (Å²) in [6, 6.07) is 8.65. The van der Waals surface area contributed by atoms with Gasteiger partial charge >= 0.3 is 0 Å². The standard InChI is InChI=1S/C17H26N2O3/c1-2-3-4-5-9-12-16(20)18-15(17(21)19-22)13-14-10-7-6-8-11-14/h6-8,10-11,15,22H,2-5,9,12-13H2,1H3,(H,18,20)(H,19,21)/t15-/m1/s1. The minimum atomic E-state index is -0.754. The highest BCUT2D eigenvalue weighted by atomic mass is 16.5. The minimum Gasteiger partial charge on any atom is -0.344 e. The van der Waals surface area contributed by atoms with Crippen LogP contribution >= 0.6 is 0 Å². The highest BCUT2D eigenvalue weighted by Gasteiger charge is 2.20. The maximum Gasteiger partial charge on any atom is 0.266 e. The van der Waals surface area contributed by atoms with Crippen molar-refractivity contribution in [3.05, 3.63) is 35.9 Å². The lowest BCUT2D eigenvalue weighted by molar-refractivity contribution is -0.134. The summed E-state index contributed by atoms with van der Waals surface area (Å²) in [4.78, 5) is 23.6. The Hall–Kier alpha value is -1.88. The lowest BCUT2D eigenvalue weighted by Crippen LogP contribution is -2.47. The number of hydrogen-bond acceptors (Lipinski definition) is 3. The Kier molecular flexibility index (Phi) is 8.91. The Morgan fingerprint density at radius 1 is 1.09 bits per heavy atom. The average molecular weight is 306 g/mol. The summed E-state index contributed by atoms with van der Waals surface area (Å²) in [6.45, 7) is 2.15. The van der Waals surface area contributed by atoms with E-state index in [2.05, 4.69) is 12.2 Å². The van der Waals surface area contributed by atoms with Crippen LogP contribution in [0.2, 0.25) is 0 Å². The summed E-state index contributed by atoms with van der Waals surface area (Å²) in [5.74, 6) is -0.746. The number of amides is 2. The Morgan fingerprint density at radius 3 is 2.41 bits per heavy atom. The Bertz CT molecular complexity index is 448. The van der Waals surface area contributed by atoms with Crippen molar-refractivity contribution in [1.29, 1.82) is 0 Å². The molecule has 1 atom stereocenters. The van der Waals surface area contributed by atoms with Gasteiger partial charge in [-0.1, -0.05) is 62.9 Å². The highest BCUT2D eigenvalue weighted by molar-refractivity contribution is 5.87. The summed E-state index contributed by atoms with van der Waals surface area (Å²) < 4.78 is 0. The van der Waals surface area contributed by atoms with E-state index in [1.807, 2.05) is 30.3 Å². The fourth-order valence-electron chi connectivity index (χ4n) is 2.29. The first kappa shape index (κ1) is 18.2. The SMILES string of the molecule is CCCCCCCC(=O)N[C@H](Cc1ccccc1)C(=O)NO. The van der Waals surface area contributed by atoms with Crippen LogP contribution in [0.3, 0.4) is 0 Å². The van der Waals surface area contributed by atoms with Crippen molar-refractivity contribution in [2.45, 2.75) is 57.9 Å². The van der Waals surface area contributed by atoms with Gasteiger partial charge in [-0.05, 0) is 12.0 Å². The minimum absolute atomic E-state index is 0.152. The second kappa shape index (κ2) is 10.8. The molecule has 0 saturated carbocycles. The van der Waals surface area contributed by atoms with Gasteiger partial charge in [-0.2, -0.15) is 0 Å². The zero-order valence-electron chi connectivity index (χ0n) is 13.2. The molecule has 0 radical (unpaired) electrons. The number of hydroxylamine groups is 1. The number of carbonyl (C=O) groups is 2. The van der Waals surface area contributed by atoms with Crippen LogP contribution in [-0.2, 0) is 16.0 Å². The van der Waals surface area contributed by atoms with E-state index in [1.54, 1.807) is 5.48 Å². The van der Waals surface area contributed by atoms with Crippen molar-refractivity contribution in [1.82, 2.24) is 10.8 Å². The number of unbranched alkanes of at least 4 members (excludes halogenated alkanes) is 4. The van der Waals surface area contributed by atoms with Crippen LogP contribution in [0.5, 0.6) is 0 Å². The molecule has 0 aliphatic rings. The Morgan fingerprint density at radius 2 is 1.77 bits per heavy atom. The largest absolute Gasteiger partial charge is 0.344 e. The van der Waals surface area contributed by atoms with E-state index in [-0.39, 0.29) is 5.91 Å². The van der Waals surface area contributed by atoms with Gasteiger partial charge in [0, 0.05) is 12.8 Å². The molecule has 0 aliphatic carbocycles. The molecular formula is C17H26N2O3. The van der Waals surface area contributed by atoms with E-state index in [4.69, 9.17) is 5.21 Å². The van der Waals surface area contributed by atoms with E-state index < -0.39 is 11.9 Å². The van der Waals surface area contributed by atoms with E-state index >= 15 is 0 Å². The maximum atomic E-state index is 11.9. The van der Waals surface area contributed by atoms with Gasteiger partial charge in [-0.25, -0.2) is 5.48 Å². The van der Waals surface area contributed by atoms with Gasteiger partial charge in [0.1, 0.15) is 6.04 Å². The molecule has 122 valence electrons. The molecule has 0 unspecified atom stereocenters. The first-order chi connectivity index (χ1) is 10.7. The van der Waals surface area contributed by atoms with E-state index in [0.29, 0.717) is 12.8 Å². The van der Waals surface area contributed by atoms with E-state index in [0.717, 1.165) is 24.8 Å². The van der Waals surface area contributed by atoms with Gasteiger partial charge in [0.25, 0.3) is 5.91 Å². The van der Waals surface area contributed by atoms with Crippen molar-refractivity contribution < 1.29 is 14.8 Å². The maximum absolute atomic E-state index is 11.9. The molecule has 0 saturated heterocycles. The van der Waals surface area contributed by atoms with Crippen LogP contribution < -0.4 is 10.8 Å². The number of nitrogens with one attached hydrogen (secondary N) is 2. The third kappa shape index (κ3) is 7.22. The van der Waals surface area contributed by atoms with E-state index in [1.165, 1.54) is 12.8 Å². The Balaban J connectivity index is 2.44. The van der Waals surface area contributed by atoms with Gasteiger partial charge in [0.05, 0.1) is 0 Å². The topological polar surface area (TPSA) is 78.4 Å². The van der Waals surface area contributed by atoms with E-state index in [9.17, 15) is 9.59 Å². The monoisotopic (exact) mass is 306 g/mol. The molecule has 5 nitrogen and oxygen atoms in total. The Labute approximate surface area is 132 Å². The van der Waals surface area contributed by atoms with Crippen molar-refractivity contribution >= 4 is 11.8 Å². The third-order valence-corrected chi connectivity index (χ3v) is 3.55. The average Bonchev–Trinajstić information content (AvgIpc) is 2.54. The molecule has 1 aromatic carbocycles. The van der Waals surface area contributed by atoms with Crippen LogP contribution in [0.4, 0.5) is 0 Å². The highest BCUT2D eigenvalue weighted by Crippen LogP contribution is 2.07. The summed E-state index contributed by atoms with van der Waals surface area (Å²) in [5.41, 5.74) is 2.55. The van der Waals surface area contributed by atoms with Crippen LogP contribution in [0.25, 0.3) is 0 Å². The van der Waals surface area contributed by atoms with Crippen LogP contribution in [0.1, 0.15) is 51.0 Å². The summed E-state index contributed by atoms with van der Waals surface area (Å²) in [6.07, 6.45) is 6.10. The van der Waals surface area contributed by atoms with Gasteiger partial charge in [-0.15, -0.1) is 0 Å². The van der Waals surface area contributed by atoms with Crippen molar-refractivity contribution in [2.24, 2.45) is 0 Å². The van der Waals surface area contributed by atoms with Gasteiger partial charge in [-0.3, -0.25) is 14.8 Å². The molecule has 0 fully saturated rings. The van der Waals surface area contributed by atoms with Crippen molar-refractivity contribution in [3.8, 4) is 0 Å². The molecule has 2 amide bonds. The fourth-order valence-corrected chi connectivity index (χ4v) is 2.29. The zero-order chi connectivity index (χ0) is 16.2. The van der Waals surface area contributed by atoms with Gasteiger partial charge in [0.2, 0.25) is 5.91 Å². The number of carbonyl (C=O) groups excluding carboxylic acids is 2.